The Labute approximate surface area is 256 Å². The molecule has 1 aliphatic rings. The molecule has 1 aliphatic carbocycles. The first-order valence-electron chi connectivity index (χ1n) is 14.6. The van der Waals surface area contributed by atoms with E-state index in [4.69, 9.17) is 14.5 Å². The summed E-state index contributed by atoms with van der Waals surface area (Å²) in [4.78, 5) is 23.5. The number of nitrogens with zero attached hydrogens (tertiary/aromatic N) is 6. The third-order valence-corrected chi connectivity index (χ3v) is 7.13. The van der Waals surface area contributed by atoms with Crippen LogP contribution in [0.2, 0.25) is 0 Å². The summed E-state index contributed by atoms with van der Waals surface area (Å²) in [6, 6.07) is 16.9. The van der Waals surface area contributed by atoms with Crippen molar-refractivity contribution in [1.82, 2.24) is 30.3 Å². The molecule has 3 heterocycles. The zero-order valence-corrected chi connectivity index (χ0v) is 25.3. The Hall–Kier alpha value is -5.02. The van der Waals surface area contributed by atoms with E-state index in [2.05, 4.69) is 37.2 Å². The lowest BCUT2D eigenvalue weighted by Gasteiger charge is -2.39. The summed E-state index contributed by atoms with van der Waals surface area (Å²) in [5, 5.41) is 28.0. The van der Waals surface area contributed by atoms with Crippen molar-refractivity contribution in [2.45, 2.75) is 77.4 Å². The SMILES string of the molecule is Cc1ncc(Nc2nc(N[C@H]3[C@@H](NC(=O)OC(C)(C)C)CCC[C@@H]3OCc3ccccc3)ccc2C#N)cc1-n1nccn1. The van der Waals surface area contributed by atoms with Gasteiger partial charge in [0.15, 0.2) is 5.82 Å². The van der Waals surface area contributed by atoms with Crippen LogP contribution in [0, 0.1) is 18.3 Å². The molecule has 4 aromatic rings. The molecule has 0 bridgehead atoms. The molecule has 0 spiro atoms. The molecule has 1 amide bonds. The van der Waals surface area contributed by atoms with Crippen LogP contribution in [0.4, 0.5) is 22.1 Å². The first kappa shape index (κ1) is 30.4. The highest BCUT2D eigenvalue weighted by Crippen LogP contribution is 2.28. The first-order valence-corrected chi connectivity index (χ1v) is 14.6. The number of aromatic nitrogens is 5. The minimum Gasteiger partial charge on any atom is -0.444 e. The predicted octanol–water partition coefficient (Wildman–Crippen LogP) is 5.42. The van der Waals surface area contributed by atoms with E-state index >= 15 is 0 Å². The number of hydrogen-bond acceptors (Lipinski definition) is 10. The summed E-state index contributed by atoms with van der Waals surface area (Å²) in [6.45, 7) is 7.81. The Bertz CT molecular complexity index is 1600. The van der Waals surface area contributed by atoms with E-state index in [9.17, 15) is 10.1 Å². The van der Waals surface area contributed by atoms with Crippen LogP contribution in [0.15, 0.2) is 67.1 Å². The summed E-state index contributed by atoms with van der Waals surface area (Å²) in [6.07, 6.45) is 6.57. The van der Waals surface area contributed by atoms with Crippen molar-refractivity contribution >= 4 is 23.4 Å². The standard InChI is InChI=1S/C32H37N9O3/c1-21-26(41-35-15-16-36-41)17-24(19-34-21)37-30-23(18-33)13-14-28(40-30)39-29-25(38-31(42)44-32(2,3)4)11-8-12-27(29)43-20-22-9-6-5-7-10-22/h5-7,9-10,13-17,19,25,27,29H,8,11-12,20H2,1-4H3,(H,38,42)(H2,37,39,40)/t25-,27-,29-/m0/s1. The number of benzene rings is 1. The van der Waals surface area contributed by atoms with Crippen LogP contribution < -0.4 is 16.0 Å². The Morgan fingerprint density at radius 1 is 1.11 bits per heavy atom. The van der Waals surface area contributed by atoms with Crippen LogP contribution in [-0.4, -0.2) is 54.8 Å². The van der Waals surface area contributed by atoms with Crippen LogP contribution in [0.25, 0.3) is 5.69 Å². The Balaban J connectivity index is 1.39. The Kier molecular flexibility index (Phi) is 9.35. The van der Waals surface area contributed by atoms with Crippen LogP contribution in [0.1, 0.15) is 56.9 Å². The van der Waals surface area contributed by atoms with Crippen LogP contribution >= 0.6 is 0 Å². The summed E-state index contributed by atoms with van der Waals surface area (Å²) < 4.78 is 12.0. The van der Waals surface area contributed by atoms with Gasteiger partial charge in [-0.3, -0.25) is 4.98 Å². The quantitative estimate of drug-likeness (QED) is 0.229. The van der Waals surface area contributed by atoms with Gasteiger partial charge in [0, 0.05) is 0 Å². The zero-order chi connectivity index (χ0) is 31.1. The molecule has 0 aliphatic heterocycles. The van der Waals surface area contributed by atoms with Crippen LogP contribution in [0.3, 0.4) is 0 Å². The third kappa shape index (κ3) is 7.87. The van der Waals surface area contributed by atoms with Crippen molar-refractivity contribution < 1.29 is 14.3 Å². The van der Waals surface area contributed by atoms with Crippen molar-refractivity contribution in [3.05, 3.63) is 83.9 Å². The highest BCUT2D eigenvalue weighted by atomic mass is 16.6. The number of rotatable bonds is 9. The van der Waals surface area contributed by atoms with E-state index < -0.39 is 11.7 Å². The van der Waals surface area contributed by atoms with Crippen molar-refractivity contribution in [2.24, 2.45) is 0 Å². The molecule has 3 N–H and O–H groups in total. The number of nitriles is 1. The van der Waals surface area contributed by atoms with E-state index in [1.165, 1.54) is 4.80 Å². The number of ether oxygens (including phenoxy) is 2. The van der Waals surface area contributed by atoms with E-state index in [0.717, 1.165) is 30.5 Å². The molecule has 0 saturated heterocycles. The lowest BCUT2D eigenvalue weighted by molar-refractivity contribution is -0.00331. The molecule has 0 unspecified atom stereocenters. The van der Waals surface area contributed by atoms with E-state index in [-0.39, 0.29) is 18.2 Å². The summed E-state index contributed by atoms with van der Waals surface area (Å²) in [7, 11) is 0. The van der Waals surface area contributed by atoms with Gasteiger partial charge in [0.2, 0.25) is 0 Å². The third-order valence-electron chi connectivity index (χ3n) is 7.13. The zero-order valence-electron chi connectivity index (χ0n) is 25.3. The fraction of sp³-hybridized carbons (Fsp3) is 0.375. The second-order valence-corrected chi connectivity index (χ2v) is 11.7. The molecule has 5 rings (SSSR count). The molecule has 228 valence electrons. The average molecular weight is 596 g/mol. The van der Waals surface area contributed by atoms with Gasteiger partial charge in [-0.05, 0) is 70.7 Å². The van der Waals surface area contributed by atoms with Crippen LogP contribution in [0.5, 0.6) is 0 Å². The summed E-state index contributed by atoms with van der Waals surface area (Å²) in [5.41, 5.74) is 2.86. The number of nitrogens with one attached hydrogen (secondary N) is 3. The molecule has 1 saturated carbocycles. The largest absolute Gasteiger partial charge is 0.444 e. The Morgan fingerprint density at radius 2 is 1.89 bits per heavy atom. The molecular formula is C32H37N9O3. The second-order valence-electron chi connectivity index (χ2n) is 11.7. The lowest BCUT2D eigenvalue weighted by atomic mass is 9.87. The van der Waals surface area contributed by atoms with Gasteiger partial charge in [-0.25, -0.2) is 9.78 Å². The topological polar surface area (TPSA) is 152 Å². The number of pyridine rings is 2. The van der Waals surface area contributed by atoms with Crippen molar-refractivity contribution in [3.63, 3.8) is 0 Å². The van der Waals surface area contributed by atoms with E-state index in [1.54, 1.807) is 30.7 Å². The number of hydrogen-bond donors (Lipinski definition) is 3. The maximum absolute atomic E-state index is 12.8. The van der Waals surface area contributed by atoms with Gasteiger partial charge in [0.05, 0.1) is 60.3 Å². The molecular weight excluding hydrogens is 558 g/mol. The smallest absolute Gasteiger partial charge is 0.407 e. The summed E-state index contributed by atoms with van der Waals surface area (Å²) in [5.74, 6) is 0.883. The number of alkyl carbamates (subject to hydrolysis) is 1. The fourth-order valence-corrected chi connectivity index (χ4v) is 5.10. The second kappa shape index (κ2) is 13.5. The highest BCUT2D eigenvalue weighted by Gasteiger charge is 2.36. The van der Waals surface area contributed by atoms with Gasteiger partial charge in [0.25, 0.3) is 0 Å². The first-order chi connectivity index (χ1) is 21.2. The van der Waals surface area contributed by atoms with Gasteiger partial charge >= 0.3 is 6.09 Å². The molecule has 12 heteroatoms. The number of carbonyl (C=O) groups is 1. The minimum absolute atomic E-state index is 0.219. The van der Waals surface area contributed by atoms with E-state index in [1.807, 2.05) is 64.1 Å². The fourth-order valence-electron chi connectivity index (χ4n) is 5.10. The van der Waals surface area contributed by atoms with Gasteiger partial charge in [-0.15, -0.1) is 4.80 Å². The average Bonchev–Trinajstić information content (AvgIpc) is 3.53. The van der Waals surface area contributed by atoms with Gasteiger partial charge < -0.3 is 25.4 Å². The molecule has 44 heavy (non-hydrogen) atoms. The van der Waals surface area contributed by atoms with Gasteiger partial charge in [-0.1, -0.05) is 30.3 Å². The van der Waals surface area contributed by atoms with Crippen LogP contribution in [-0.2, 0) is 16.1 Å². The molecule has 1 fully saturated rings. The number of amides is 1. The monoisotopic (exact) mass is 595 g/mol. The van der Waals surface area contributed by atoms with Crippen molar-refractivity contribution in [1.29, 1.82) is 5.26 Å². The van der Waals surface area contributed by atoms with E-state index in [0.29, 0.717) is 35.2 Å². The maximum Gasteiger partial charge on any atom is 0.407 e. The Morgan fingerprint density at radius 3 is 2.61 bits per heavy atom. The van der Waals surface area contributed by atoms with Gasteiger partial charge in [0.1, 0.15) is 23.2 Å². The van der Waals surface area contributed by atoms with Crippen molar-refractivity contribution in [3.8, 4) is 11.8 Å². The lowest BCUT2D eigenvalue weighted by Crippen LogP contribution is -2.56. The number of anilines is 3. The summed E-state index contributed by atoms with van der Waals surface area (Å²) >= 11 is 0. The number of carbonyl (C=O) groups excluding carboxylic acids is 1. The molecule has 12 nitrogen and oxygen atoms in total. The molecule has 3 atom stereocenters. The van der Waals surface area contributed by atoms with Crippen molar-refractivity contribution in [2.75, 3.05) is 10.6 Å². The molecule has 3 aromatic heterocycles. The normalized spacial score (nSPS) is 18.2. The highest BCUT2D eigenvalue weighted by molar-refractivity contribution is 5.69. The molecule has 1 aromatic carbocycles. The maximum atomic E-state index is 12.8. The minimum atomic E-state index is -0.627. The van der Waals surface area contributed by atoms with Gasteiger partial charge in [-0.2, -0.15) is 15.5 Å². The number of aryl methyl sites for hydroxylation is 1. The predicted molar refractivity (Wildman–Crippen MR) is 166 cm³/mol. The molecule has 0 radical (unpaired) electrons.